The Bertz CT molecular complexity index is 1470. The van der Waals surface area contributed by atoms with Gasteiger partial charge in [-0.3, -0.25) is 4.79 Å². The summed E-state index contributed by atoms with van der Waals surface area (Å²) in [5.41, 5.74) is 7.78. The number of carbonyl (C=O) groups excluding carboxylic acids is 1. The SMILES string of the molecule is Nc1nn2ccc(N3CCCC3c3cc(F)ccc3F)nc2c1-c1nc(C(=O)N2CCC(O)C2)cs1. The molecule has 6 rings (SSSR count). The van der Waals surface area contributed by atoms with Crippen LogP contribution in [-0.2, 0) is 0 Å². The molecule has 2 aliphatic heterocycles. The van der Waals surface area contributed by atoms with Crippen molar-refractivity contribution in [2.24, 2.45) is 0 Å². The number of likely N-dealkylation sites (tertiary alicyclic amines) is 1. The number of nitrogen functional groups attached to an aromatic ring is 1. The number of amides is 1. The first kappa shape index (κ1) is 22.8. The predicted molar refractivity (Wildman–Crippen MR) is 131 cm³/mol. The molecule has 12 heteroatoms. The molecule has 2 fully saturated rings. The van der Waals surface area contributed by atoms with Gasteiger partial charge >= 0.3 is 0 Å². The van der Waals surface area contributed by atoms with E-state index < -0.39 is 17.7 Å². The van der Waals surface area contributed by atoms with Crippen molar-refractivity contribution in [2.75, 3.05) is 30.3 Å². The van der Waals surface area contributed by atoms with Crippen molar-refractivity contribution in [3.63, 3.8) is 0 Å². The summed E-state index contributed by atoms with van der Waals surface area (Å²) < 4.78 is 30.0. The average molecular weight is 512 g/mol. The Hall–Kier alpha value is -3.64. The van der Waals surface area contributed by atoms with Gasteiger partial charge in [-0.1, -0.05) is 0 Å². The highest BCUT2D eigenvalue weighted by molar-refractivity contribution is 7.13. The zero-order chi connectivity index (χ0) is 25.0. The number of hydrogen-bond acceptors (Lipinski definition) is 8. The van der Waals surface area contributed by atoms with Crippen LogP contribution < -0.4 is 10.6 Å². The molecule has 9 nitrogen and oxygen atoms in total. The molecule has 0 bridgehead atoms. The van der Waals surface area contributed by atoms with Gasteiger partial charge in [-0.15, -0.1) is 16.4 Å². The van der Waals surface area contributed by atoms with E-state index in [9.17, 15) is 18.7 Å². The number of benzene rings is 1. The molecule has 0 radical (unpaired) electrons. The maximum Gasteiger partial charge on any atom is 0.273 e. The van der Waals surface area contributed by atoms with Gasteiger partial charge in [0, 0.05) is 36.8 Å². The second kappa shape index (κ2) is 8.79. The van der Waals surface area contributed by atoms with Gasteiger partial charge in [-0.25, -0.2) is 23.3 Å². The Balaban J connectivity index is 1.35. The van der Waals surface area contributed by atoms with Gasteiger partial charge in [-0.05, 0) is 43.5 Å². The number of halogens is 2. The molecule has 2 aliphatic rings. The van der Waals surface area contributed by atoms with Crippen LogP contribution in [0.15, 0.2) is 35.8 Å². The number of nitrogens with two attached hydrogens (primary N) is 1. The van der Waals surface area contributed by atoms with E-state index in [-0.39, 0.29) is 23.5 Å². The monoisotopic (exact) mass is 511 g/mol. The van der Waals surface area contributed by atoms with Gasteiger partial charge in [0.05, 0.1) is 17.7 Å². The number of hydrogen-bond donors (Lipinski definition) is 2. The third-order valence-electron chi connectivity index (χ3n) is 6.75. The number of rotatable bonds is 4. The number of β-amino-alcohol motifs (C(OH)–C–C–N with tert-alkyl or cyclic N) is 1. The Kier molecular flexibility index (Phi) is 5.56. The van der Waals surface area contributed by atoms with Crippen molar-refractivity contribution in [3.05, 3.63) is 58.7 Å². The average Bonchev–Trinajstić information content (AvgIpc) is 3.65. The summed E-state index contributed by atoms with van der Waals surface area (Å²) >= 11 is 1.26. The van der Waals surface area contributed by atoms with Crippen LogP contribution in [0.25, 0.3) is 16.2 Å². The molecular weight excluding hydrogens is 488 g/mol. The molecule has 0 aliphatic carbocycles. The normalized spacial score (nSPS) is 20.1. The van der Waals surface area contributed by atoms with Crippen LogP contribution in [0.1, 0.15) is 41.4 Å². The van der Waals surface area contributed by atoms with Crippen LogP contribution in [0.2, 0.25) is 0 Å². The van der Waals surface area contributed by atoms with Crippen molar-refractivity contribution >= 4 is 34.5 Å². The zero-order valence-corrected chi connectivity index (χ0v) is 20.0. The fourth-order valence-corrected chi connectivity index (χ4v) is 5.85. The molecule has 5 heterocycles. The van der Waals surface area contributed by atoms with Crippen LogP contribution in [0.3, 0.4) is 0 Å². The van der Waals surface area contributed by atoms with Crippen molar-refractivity contribution < 1.29 is 18.7 Å². The lowest BCUT2D eigenvalue weighted by atomic mass is 10.0. The van der Waals surface area contributed by atoms with E-state index in [2.05, 4.69) is 10.1 Å². The maximum atomic E-state index is 14.6. The Morgan fingerprint density at radius 2 is 2.03 bits per heavy atom. The molecule has 0 spiro atoms. The molecule has 4 aromatic rings. The summed E-state index contributed by atoms with van der Waals surface area (Å²) in [6.07, 6.45) is 3.24. The molecule has 2 atom stereocenters. The summed E-state index contributed by atoms with van der Waals surface area (Å²) in [4.78, 5) is 25.6. The van der Waals surface area contributed by atoms with Crippen LogP contribution in [0.5, 0.6) is 0 Å². The van der Waals surface area contributed by atoms with Gasteiger partial charge in [0.15, 0.2) is 11.5 Å². The van der Waals surface area contributed by atoms with Gasteiger partial charge in [-0.2, -0.15) is 0 Å². The molecule has 186 valence electrons. The minimum atomic E-state index is -0.514. The first-order valence-corrected chi connectivity index (χ1v) is 12.6. The van der Waals surface area contributed by atoms with E-state index >= 15 is 0 Å². The molecule has 1 amide bonds. The van der Waals surface area contributed by atoms with Gasteiger partial charge in [0.25, 0.3) is 5.91 Å². The molecule has 2 unspecified atom stereocenters. The van der Waals surface area contributed by atoms with Crippen LogP contribution in [0, 0.1) is 11.6 Å². The van der Waals surface area contributed by atoms with Crippen molar-refractivity contribution in [3.8, 4) is 10.6 Å². The van der Waals surface area contributed by atoms with E-state index in [1.165, 1.54) is 17.4 Å². The lowest BCUT2D eigenvalue weighted by molar-refractivity contribution is 0.0760. The quantitative estimate of drug-likeness (QED) is 0.432. The number of aliphatic hydroxyl groups excluding tert-OH is 1. The summed E-state index contributed by atoms with van der Waals surface area (Å²) in [5.74, 6) is -0.360. The highest BCUT2D eigenvalue weighted by Crippen LogP contribution is 2.38. The topological polar surface area (TPSA) is 113 Å². The fraction of sp³-hybridized carbons (Fsp3) is 0.333. The van der Waals surface area contributed by atoms with Gasteiger partial charge in [0.2, 0.25) is 0 Å². The molecule has 3 N–H and O–H groups in total. The molecule has 0 saturated carbocycles. The van der Waals surface area contributed by atoms with Crippen LogP contribution in [0.4, 0.5) is 20.4 Å². The standard InChI is InChI=1S/C24H23F2N7O2S/c25-13-3-4-16(26)15(10-13)18-2-1-7-32(18)19-6-9-33-22(29-19)20(21(27)30-33)23-28-17(12-36-23)24(35)31-8-5-14(34)11-31/h3-4,6,9-10,12,14,18,34H,1-2,5,7-8,11H2,(H2,27,30). The lowest BCUT2D eigenvalue weighted by Crippen LogP contribution is -2.29. The number of nitrogens with zero attached hydrogens (tertiary/aromatic N) is 6. The first-order chi connectivity index (χ1) is 17.4. The summed E-state index contributed by atoms with van der Waals surface area (Å²) in [5, 5.41) is 16.3. The highest BCUT2D eigenvalue weighted by atomic mass is 32.1. The zero-order valence-electron chi connectivity index (χ0n) is 19.1. The largest absolute Gasteiger partial charge is 0.391 e. The Morgan fingerprint density at radius 1 is 1.17 bits per heavy atom. The molecular formula is C24H23F2N7O2S. The van der Waals surface area contributed by atoms with Gasteiger partial charge in [0.1, 0.15) is 28.2 Å². The lowest BCUT2D eigenvalue weighted by Gasteiger charge is -2.26. The maximum absolute atomic E-state index is 14.6. The van der Waals surface area contributed by atoms with E-state index in [0.29, 0.717) is 60.1 Å². The molecule has 3 aromatic heterocycles. The molecule has 2 saturated heterocycles. The summed E-state index contributed by atoms with van der Waals surface area (Å²) in [7, 11) is 0. The second-order valence-electron chi connectivity index (χ2n) is 9.06. The van der Waals surface area contributed by atoms with Gasteiger partial charge < -0.3 is 20.6 Å². The number of thiazole rings is 1. The number of aliphatic hydroxyl groups is 1. The number of aromatic nitrogens is 4. The Labute approximate surface area is 208 Å². The number of fused-ring (bicyclic) bond motifs is 1. The fourth-order valence-electron chi connectivity index (χ4n) is 5.01. The molecule has 1 aromatic carbocycles. The van der Waals surface area contributed by atoms with E-state index in [0.717, 1.165) is 18.6 Å². The minimum Gasteiger partial charge on any atom is -0.391 e. The first-order valence-electron chi connectivity index (χ1n) is 11.7. The summed E-state index contributed by atoms with van der Waals surface area (Å²) in [6.45, 7) is 1.41. The van der Waals surface area contributed by atoms with Crippen molar-refractivity contribution in [1.29, 1.82) is 0 Å². The predicted octanol–water partition coefficient (Wildman–Crippen LogP) is 3.26. The number of carbonyl (C=O) groups is 1. The van der Waals surface area contributed by atoms with Crippen LogP contribution in [-0.4, -0.2) is 61.2 Å². The molecule has 36 heavy (non-hydrogen) atoms. The minimum absolute atomic E-state index is 0.221. The van der Waals surface area contributed by atoms with Crippen LogP contribution >= 0.6 is 11.3 Å². The highest BCUT2D eigenvalue weighted by Gasteiger charge is 2.31. The smallest absolute Gasteiger partial charge is 0.273 e. The van der Waals surface area contributed by atoms with E-state index in [4.69, 9.17) is 10.7 Å². The third-order valence-corrected chi connectivity index (χ3v) is 7.61. The van der Waals surface area contributed by atoms with E-state index in [1.54, 1.807) is 27.1 Å². The van der Waals surface area contributed by atoms with Crippen molar-refractivity contribution in [1.82, 2.24) is 24.5 Å². The summed E-state index contributed by atoms with van der Waals surface area (Å²) in [6, 6.07) is 4.93. The third kappa shape index (κ3) is 3.86. The number of anilines is 2. The van der Waals surface area contributed by atoms with E-state index in [1.807, 2.05) is 4.90 Å². The Morgan fingerprint density at radius 3 is 2.83 bits per heavy atom. The van der Waals surface area contributed by atoms with Crippen molar-refractivity contribution in [2.45, 2.75) is 31.4 Å². The second-order valence-corrected chi connectivity index (χ2v) is 9.92.